The third-order valence-corrected chi connectivity index (χ3v) is 3.50. The van der Waals surface area contributed by atoms with Crippen LogP contribution in [0.15, 0.2) is 54.6 Å². The molecule has 0 aromatic heterocycles. The summed E-state index contributed by atoms with van der Waals surface area (Å²) in [4.78, 5) is 12.1. The van der Waals surface area contributed by atoms with E-state index in [1.54, 1.807) is 0 Å². The summed E-state index contributed by atoms with van der Waals surface area (Å²) in [6.07, 6.45) is 1.18. The Morgan fingerprint density at radius 1 is 1.00 bits per heavy atom. The summed E-state index contributed by atoms with van der Waals surface area (Å²) in [6, 6.07) is 17.5. The van der Waals surface area contributed by atoms with E-state index in [2.05, 4.69) is 5.32 Å². The quantitative estimate of drug-likeness (QED) is 0.888. The maximum absolute atomic E-state index is 12.1. The number of rotatable bonds is 5. The van der Waals surface area contributed by atoms with E-state index in [0.717, 1.165) is 22.6 Å². The number of hydrogen-bond donors (Lipinski definition) is 1. The van der Waals surface area contributed by atoms with Crippen molar-refractivity contribution in [3.8, 4) is 0 Å². The van der Waals surface area contributed by atoms with Gasteiger partial charge in [-0.1, -0.05) is 54.1 Å². The smallest absolute Gasteiger partial charge is 0.224 e. The fourth-order valence-corrected chi connectivity index (χ4v) is 2.49. The first kappa shape index (κ1) is 15.6. The molecule has 0 saturated heterocycles. The molecule has 0 aliphatic rings. The SMILES string of the molecule is CC(C)(Cc1ccc(Cl)cc1)NC(=O)Cc1ccccc1. The van der Waals surface area contributed by atoms with Crippen LogP contribution in [0.2, 0.25) is 5.02 Å². The average molecular weight is 302 g/mol. The zero-order chi connectivity index (χ0) is 15.3. The van der Waals surface area contributed by atoms with Crippen molar-refractivity contribution < 1.29 is 4.79 Å². The van der Waals surface area contributed by atoms with E-state index < -0.39 is 0 Å². The first-order valence-electron chi connectivity index (χ1n) is 7.04. The minimum absolute atomic E-state index is 0.0418. The molecule has 0 heterocycles. The number of carbonyl (C=O) groups excluding carboxylic acids is 1. The Morgan fingerprint density at radius 3 is 2.24 bits per heavy atom. The van der Waals surface area contributed by atoms with Gasteiger partial charge in [-0.05, 0) is 43.5 Å². The van der Waals surface area contributed by atoms with Crippen molar-refractivity contribution in [2.75, 3.05) is 0 Å². The summed E-state index contributed by atoms with van der Waals surface area (Å²) < 4.78 is 0. The number of hydrogen-bond acceptors (Lipinski definition) is 1. The van der Waals surface area contributed by atoms with Crippen molar-refractivity contribution in [3.63, 3.8) is 0 Å². The molecule has 3 heteroatoms. The van der Waals surface area contributed by atoms with Crippen molar-refractivity contribution >= 4 is 17.5 Å². The summed E-state index contributed by atoms with van der Waals surface area (Å²) in [6.45, 7) is 4.06. The maximum atomic E-state index is 12.1. The van der Waals surface area contributed by atoms with E-state index in [0.29, 0.717) is 6.42 Å². The second-order valence-corrected chi connectivity index (χ2v) is 6.33. The van der Waals surface area contributed by atoms with Gasteiger partial charge in [-0.25, -0.2) is 0 Å². The molecule has 0 saturated carbocycles. The lowest BCUT2D eigenvalue weighted by atomic mass is 9.94. The van der Waals surface area contributed by atoms with Gasteiger partial charge in [0.25, 0.3) is 0 Å². The van der Waals surface area contributed by atoms with Crippen molar-refractivity contribution in [2.24, 2.45) is 0 Å². The Bertz CT molecular complexity index is 590. The Morgan fingerprint density at radius 2 is 1.62 bits per heavy atom. The molecule has 2 rings (SSSR count). The molecule has 2 nitrogen and oxygen atoms in total. The lowest BCUT2D eigenvalue weighted by Gasteiger charge is -2.26. The molecule has 0 spiro atoms. The van der Waals surface area contributed by atoms with Crippen LogP contribution in [0, 0.1) is 0 Å². The highest BCUT2D eigenvalue weighted by Gasteiger charge is 2.20. The number of benzene rings is 2. The minimum atomic E-state index is -0.292. The topological polar surface area (TPSA) is 29.1 Å². The monoisotopic (exact) mass is 301 g/mol. The van der Waals surface area contributed by atoms with Crippen LogP contribution in [0.25, 0.3) is 0 Å². The minimum Gasteiger partial charge on any atom is -0.351 e. The Labute approximate surface area is 131 Å². The Kier molecular flexibility index (Phi) is 5.03. The van der Waals surface area contributed by atoms with Crippen LogP contribution in [0.1, 0.15) is 25.0 Å². The van der Waals surface area contributed by atoms with Crippen LogP contribution in [-0.2, 0) is 17.6 Å². The van der Waals surface area contributed by atoms with E-state index >= 15 is 0 Å². The normalized spacial score (nSPS) is 11.2. The van der Waals surface area contributed by atoms with Gasteiger partial charge in [0, 0.05) is 10.6 Å². The fourth-order valence-electron chi connectivity index (χ4n) is 2.36. The van der Waals surface area contributed by atoms with E-state index in [9.17, 15) is 4.79 Å². The van der Waals surface area contributed by atoms with Gasteiger partial charge in [0.1, 0.15) is 0 Å². The van der Waals surface area contributed by atoms with Crippen LogP contribution in [0.3, 0.4) is 0 Å². The molecule has 0 bridgehead atoms. The van der Waals surface area contributed by atoms with E-state index in [-0.39, 0.29) is 11.4 Å². The molecule has 110 valence electrons. The molecule has 0 atom stereocenters. The fraction of sp³-hybridized carbons (Fsp3) is 0.278. The predicted molar refractivity (Wildman–Crippen MR) is 87.5 cm³/mol. The zero-order valence-corrected chi connectivity index (χ0v) is 13.2. The highest BCUT2D eigenvalue weighted by molar-refractivity contribution is 6.30. The average Bonchev–Trinajstić information content (AvgIpc) is 2.41. The first-order valence-corrected chi connectivity index (χ1v) is 7.42. The summed E-state index contributed by atoms with van der Waals surface area (Å²) in [7, 11) is 0. The molecule has 0 aliphatic heterocycles. The van der Waals surface area contributed by atoms with Crippen LogP contribution in [-0.4, -0.2) is 11.4 Å². The molecule has 21 heavy (non-hydrogen) atoms. The van der Waals surface area contributed by atoms with Gasteiger partial charge in [-0.3, -0.25) is 4.79 Å². The lowest BCUT2D eigenvalue weighted by Crippen LogP contribution is -2.45. The highest BCUT2D eigenvalue weighted by atomic mass is 35.5. The number of carbonyl (C=O) groups is 1. The molecule has 1 N–H and O–H groups in total. The molecule has 0 unspecified atom stereocenters. The van der Waals surface area contributed by atoms with Crippen LogP contribution >= 0.6 is 11.6 Å². The number of amides is 1. The van der Waals surface area contributed by atoms with Crippen LogP contribution in [0.5, 0.6) is 0 Å². The van der Waals surface area contributed by atoms with Gasteiger partial charge in [-0.2, -0.15) is 0 Å². The summed E-state index contributed by atoms with van der Waals surface area (Å²) in [5, 5.41) is 3.82. The van der Waals surface area contributed by atoms with Crippen molar-refractivity contribution in [2.45, 2.75) is 32.2 Å². The lowest BCUT2D eigenvalue weighted by molar-refractivity contribution is -0.122. The second-order valence-electron chi connectivity index (χ2n) is 5.90. The standard InChI is InChI=1S/C18H20ClNO/c1-18(2,13-15-8-10-16(19)11-9-15)20-17(21)12-14-6-4-3-5-7-14/h3-11H,12-13H2,1-2H3,(H,20,21). The summed E-state index contributed by atoms with van der Waals surface area (Å²) in [5.74, 6) is 0.0418. The molecular weight excluding hydrogens is 282 g/mol. The maximum Gasteiger partial charge on any atom is 0.224 e. The third kappa shape index (κ3) is 5.24. The van der Waals surface area contributed by atoms with Gasteiger partial charge >= 0.3 is 0 Å². The van der Waals surface area contributed by atoms with Gasteiger partial charge in [0.15, 0.2) is 0 Å². The van der Waals surface area contributed by atoms with Gasteiger partial charge in [-0.15, -0.1) is 0 Å². The van der Waals surface area contributed by atoms with Crippen LogP contribution < -0.4 is 5.32 Å². The Balaban J connectivity index is 1.93. The van der Waals surface area contributed by atoms with E-state index in [1.165, 1.54) is 0 Å². The van der Waals surface area contributed by atoms with Gasteiger partial charge in [0.05, 0.1) is 6.42 Å². The molecule has 0 fully saturated rings. The number of nitrogens with one attached hydrogen (secondary N) is 1. The third-order valence-electron chi connectivity index (χ3n) is 3.24. The van der Waals surface area contributed by atoms with Gasteiger partial charge < -0.3 is 5.32 Å². The van der Waals surface area contributed by atoms with Crippen LogP contribution in [0.4, 0.5) is 0 Å². The molecule has 0 aliphatic carbocycles. The zero-order valence-electron chi connectivity index (χ0n) is 12.4. The van der Waals surface area contributed by atoms with E-state index in [1.807, 2.05) is 68.4 Å². The molecule has 0 radical (unpaired) electrons. The molecule has 2 aromatic rings. The summed E-state index contributed by atoms with van der Waals surface area (Å²) >= 11 is 5.89. The second kappa shape index (κ2) is 6.77. The highest BCUT2D eigenvalue weighted by Crippen LogP contribution is 2.16. The largest absolute Gasteiger partial charge is 0.351 e. The predicted octanol–water partition coefficient (Wildman–Crippen LogP) is 4.02. The van der Waals surface area contributed by atoms with Gasteiger partial charge in [0.2, 0.25) is 5.91 Å². The molecule has 1 amide bonds. The Hall–Kier alpha value is -1.80. The molecular formula is C18H20ClNO. The van der Waals surface area contributed by atoms with Crippen molar-refractivity contribution in [1.29, 1.82) is 0 Å². The van der Waals surface area contributed by atoms with E-state index in [4.69, 9.17) is 11.6 Å². The van der Waals surface area contributed by atoms with Crippen molar-refractivity contribution in [3.05, 3.63) is 70.7 Å². The first-order chi connectivity index (χ1) is 9.94. The number of halogens is 1. The summed E-state index contributed by atoms with van der Waals surface area (Å²) in [5.41, 5.74) is 1.89. The molecule has 2 aromatic carbocycles. The van der Waals surface area contributed by atoms with Crippen molar-refractivity contribution in [1.82, 2.24) is 5.32 Å².